The van der Waals surface area contributed by atoms with Gasteiger partial charge in [-0.25, -0.2) is 9.79 Å². The molecule has 0 unspecified atom stereocenters. The van der Waals surface area contributed by atoms with Gasteiger partial charge in [-0.1, -0.05) is 6.07 Å². The third-order valence-corrected chi connectivity index (χ3v) is 2.09. The van der Waals surface area contributed by atoms with Gasteiger partial charge >= 0.3 is 5.97 Å². The average molecular weight is 319 g/mol. The van der Waals surface area contributed by atoms with E-state index in [1.807, 2.05) is 6.07 Å². The van der Waals surface area contributed by atoms with Crippen molar-refractivity contribution in [2.75, 3.05) is 6.54 Å². The molecule has 1 aromatic carbocycles. The summed E-state index contributed by atoms with van der Waals surface area (Å²) in [5.41, 5.74) is 10.2. The van der Waals surface area contributed by atoms with Crippen LogP contribution in [0.4, 0.5) is 0 Å². The van der Waals surface area contributed by atoms with Crippen molar-refractivity contribution in [3.8, 4) is 5.75 Å². The summed E-state index contributed by atoms with van der Waals surface area (Å²) in [6, 6.07) is 7.13. The van der Waals surface area contributed by atoms with Crippen LogP contribution in [-0.2, 0) is 4.79 Å². The number of esters is 1. The Morgan fingerprint density at radius 2 is 2.20 bits per heavy atom. The first-order valence-corrected chi connectivity index (χ1v) is 5.17. The topological polar surface area (TPSA) is 90.7 Å². The third kappa shape index (κ3) is 4.63. The second-order valence-corrected chi connectivity index (χ2v) is 3.92. The fourth-order valence-corrected chi connectivity index (χ4v) is 1.36. The Hall–Kier alpha value is -1.31. The van der Waals surface area contributed by atoms with Crippen molar-refractivity contribution in [1.82, 2.24) is 0 Å². The Morgan fingerprint density at radius 1 is 1.47 bits per heavy atom. The van der Waals surface area contributed by atoms with Crippen LogP contribution in [0.25, 0.3) is 0 Å². The fraction of sp³-hybridized carbons (Fsp3) is 0.111. The molecule has 0 aliphatic heterocycles. The summed E-state index contributed by atoms with van der Waals surface area (Å²) < 4.78 is 5.97. The lowest BCUT2D eigenvalue weighted by molar-refractivity contribution is -0.132. The Bertz CT molecular complexity index is 389. The number of halogens is 1. The number of hydrogen-bond donors (Lipinski definition) is 2. The molecule has 0 aromatic heterocycles. The van der Waals surface area contributed by atoms with Gasteiger partial charge in [0.2, 0.25) is 0 Å². The monoisotopic (exact) mass is 319 g/mol. The summed E-state index contributed by atoms with van der Waals surface area (Å²) in [6.07, 6.45) is 0. The molecule has 6 heteroatoms. The molecule has 15 heavy (non-hydrogen) atoms. The van der Waals surface area contributed by atoms with Crippen LogP contribution in [0.5, 0.6) is 5.75 Å². The molecule has 0 saturated heterocycles. The van der Waals surface area contributed by atoms with Gasteiger partial charge in [-0.3, -0.25) is 0 Å². The zero-order valence-electron chi connectivity index (χ0n) is 7.81. The molecular formula is C9H10IN3O2. The largest absolute Gasteiger partial charge is 0.425 e. The zero-order valence-corrected chi connectivity index (χ0v) is 9.97. The highest BCUT2D eigenvalue weighted by molar-refractivity contribution is 14.1. The Kier molecular flexibility index (Phi) is 4.35. The first-order valence-electron chi connectivity index (χ1n) is 4.09. The lowest BCUT2D eigenvalue weighted by Crippen LogP contribution is -2.25. The standard InChI is InChI=1S/C9H10IN3O2/c10-6-2-1-3-7(4-6)15-8(14)5-13-9(11)12/h1-4H,5H2,(H4,11,12,13). The van der Waals surface area contributed by atoms with Crippen molar-refractivity contribution in [1.29, 1.82) is 0 Å². The van der Waals surface area contributed by atoms with Crippen LogP contribution in [0, 0.1) is 3.57 Å². The maximum Gasteiger partial charge on any atom is 0.333 e. The van der Waals surface area contributed by atoms with Crippen LogP contribution in [0.3, 0.4) is 0 Å². The zero-order chi connectivity index (χ0) is 11.3. The molecule has 1 rings (SSSR count). The van der Waals surface area contributed by atoms with E-state index >= 15 is 0 Å². The second kappa shape index (κ2) is 5.54. The Morgan fingerprint density at radius 3 is 2.80 bits per heavy atom. The van der Waals surface area contributed by atoms with Gasteiger partial charge in [0, 0.05) is 3.57 Å². The van der Waals surface area contributed by atoms with Crippen molar-refractivity contribution >= 4 is 34.5 Å². The van der Waals surface area contributed by atoms with Crippen molar-refractivity contribution in [2.45, 2.75) is 0 Å². The highest BCUT2D eigenvalue weighted by Crippen LogP contribution is 2.14. The summed E-state index contributed by atoms with van der Waals surface area (Å²) in [5.74, 6) is -0.141. The minimum Gasteiger partial charge on any atom is -0.425 e. The molecule has 1 aromatic rings. The van der Waals surface area contributed by atoms with Gasteiger partial charge < -0.3 is 16.2 Å². The molecule has 80 valence electrons. The summed E-state index contributed by atoms with van der Waals surface area (Å²) in [6.45, 7) is -0.173. The van der Waals surface area contributed by atoms with Gasteiger partial charge in [0.25, 0.3) is 0 Å². The molecule has 0 heterocycles. The number of nitrogens with zero attached hydrogens (tertiary/aromatic N) is 1. The van der Waals surface area contributed by atoms with E-state index in [9.17, 15) is 4.79 Å². The van der Waals surface area contributed by atoms with Crippen LogP contribution in [-0.4, -0.2) is 18.5 Å². The number of rotatable bonds is 3. The predicted octanol–water partition coefficient (Wildman–Crippen LogP) is 0.470. The minimum absolute atomic E-state index is 0.130. The van der Waals surface area contributed by atoms with Gasteiger partial charge in [0.15, 0.2) is 5.96 Å². The summed E-state index contributed by atoms with van der Waals surface area (Å²) >= 11 is 2.13. The highest BCUT2D eigenvalue weighted by Gasteiger charge is 2.03. The highest BCUT2D eigenvalue weighted by atomic mass is 127. The van der Waals surface area contributed by atoms with Gasteiger partial charge in [0.1, 0.15) is 12.3 Å². The van der Waals surface area contributed by atoms with E-state index in [-0.39, 0.29) is 12.5 Å². The number of ether oxygens (including phenoxy) is 1. The van der Waals surface area contributed by atoms with E-state index in [1.54, 1.807) is 18.2 Å². The van der Waals surface area contributed by atoms with E-state index in [0.717, 1.165) is 3.57 Å². The molecular weight excluding hydrogens is 309 g/mol. The second-order valence-electron chi connectivity index (χ2n) is 2.67. The molecule has 0 amide bonds. The number of hydrogen-bond acceptors (Lipinski definition) is 3. The molecule has 0 aliphatic rings. The minimum atomic E-state index is -0.495. The number of nitrogens with two attached hydrogens (primary N) is 2. The number of carbonyl (C=O) groups excluding carboxylic acids is 1. The van der Waals surface area contributed by atoms with Crippen molar-refractivity contribution in [3.05, 3.63) is 27.8 Å². The van der Waals surface area contributed by atoms with Crippen LogP contribution < -0.4 is 16.2 Å². The lowest BCUT2D eigenvalue weighted by atomic mass is 10.3. The molecule has 0 bridgehead atoms. The predicted molar refractivity (Wildman–Crippen MR) is 65.5 cm³/mol. The van der Waals surface area contributed by atoms with Gasteiger partial charge in [-0.2, -0.15) is 0 Å². The van der Waals surface area contributed by atoms with E-state index in [0.29, 0.717) is 5.75 Å². The first kappa shape index (κ1) is 11.8. The van der Waals surface area contributed by atoms with E-state index in [1.165, 1.54) is 0 Å². The molecule has 0 atom stereocenters. The van der Waals surface area contributed by atoms with Crippen molar-refractivity contribution < 1.29 is 9.53 Å². The van der Waals surface area contributed by atoms with Crippen molar-refractivity contribution in [3.63, 3.8) is 0 Å². The smallest absolute Gasteiger partial charge is 0.333 e. The normalized spacial score (nSPS) is 9.40. The van der Waals surface area contributed by atoms with Gasteiger partial charge in [-0.05, 0) is 40.8 Å². The van der Waals surface area contributed by atoms with Crippen LogP contribution in [0.1, 0.15) is 0 Å². The molecule has 0 spiro atoms. The first-order chi connectivity index (χ1) is 7.08. The Balaban J connectivity index is 2.55. The number of aliphatic imine (C=N–C) groups is 1. The van der Waals surface area contributed by atoms with Crippen molar-refractivity contribution in [2.24, 2.45) is 16.5 Å². The molecule has 0 fully saturated rings. The maximum atomic E-state index is 11.2. The molecule has 0 aliphatic carbocycles. The molecule has 0 saturated carbocycles. The summed E-state index contributed by atoms with van der Waals surface area (Å²) in [7, 11) is 0. The summed E-state index contributed by atoms with van der Waals surface area (Å²) in [5, 5.41) is 0. The fourth-order valence-electron chi connectivity index (χ4n) is 0.850. The third-order valence-electron chi connectivity index (χ3n) is 1.42. The average Bonchev–Trinajstić information content (AvgIpc) is 2.15. The quantitative estimate of drug-likeness (QED) is 0.279. The molecule has 0 radical (unpaired) electrons. The molecule has 5 nitrogen and oxygen atoms in total. The van der Waals surface area contributed by atoms with E-state index in [4.69, 9.17) is 16.2 Å². The number of carbonyl (C=O) groups is 1. The molecule has 4 N–H and O–H groups in total. The SMILES string of the molecule is NC(N)=NCC(=O)Oc1cccc(I)c1. The van der Waals surface area contributed by atoms with E-state index in [2.05, 4.69) is 27.6 Å². The van der Waals surface area contributed by atoms with Gasteiger partial charge in [-0.15, -0.1) is 0 Å². The number of benzene rings is 1. The van der Waals surface area contributed by atoms with Crippen LogP contribution in [0.2, 0.25) is 0 Å². The number of guanidine groups is 1. The summed E-state index contributed by atoms with van der Waals surface area (Å²) in [4.78, 5) is 14.7. The van der Waals surface area contributed by atoms with Gasteiger partial charge in [0.05, 0.1) is 0 Å². The van der Waals surface area contributed by atoms with E-state index < -0.39 is 5.97 Å². The van der Waals surface area contributed by atoms with Crippen LogP contribution in [0.15, 0.2) is 29.3 Å². The lowest BCUT2D eigenvalue weighted by Gasteiger charge is -2.02. The Labute approximate surface area is 101 Å². The van der Waals surface area contributed by atoms with Crippen LogP contribution >= 0.6 is 22.6 Å². The maximum absolute atomic E-state index is 11.2.